The molecule has 0 fully saturated rings. The number of thiophene rings is 1. The van der Waals surface area contributed by atoms with Crippen LogP contribution in [-0.2, 0) is 0 Å². The van der Waals surface area contributed by atoms with Crippen molar-refractivity contribution in [3.63, 3.8) is 0 Å². The van der Waals surface area contributed by atoms with Crippen LogP contribution in [0.4, 0.5) is 0 Å². The van der Waals surface area contributed by atoms with Gasteiger partial charge in [0.15, 0.2) is 11.5 Å². The summed E-state index contributed by atoms with van der Waals surface area (Å²) in [6.45, 7) is 13.0. The first-order valence-electron chi connectivity index (χ1n) is 11.9. The van der Waals surface area contributed by atoms with Gasteiger partial charge in [0.1, 0.15) is 36.2 Å². The minimum absolute atomic E-state index is 0.00378. The highest BCUT2D eigenvalue weighted by molar-refractivity contribution is 7.20. The quantitative estimate of drug-likeness (QED) is 0.331. The fourth-order valence-electron chi connectivity index (χ4n) is 4.19. The van der Waals surface area contributed by atoms with Crippen LogP contribution in [0.3, 0.4) is 0 Å². The molecule has 35 heavy (non-hydrogen) atoms. The molecule has 2 heterocycles. The summed E-state index contributed by atoms with van der Waals surface area (Å²) in [6.07, 6.45) is -0.00755. The summed E-state index contributed by atoms with van der Waals surface area (Å²) >= 11 is 1.56. The lowest BCUT2D eigenvalue weighted by molar-refractivity contribution is 0.174. The first kappa shape index (κ1) is 25.0. The first-order valence-corrected chi connectivity index (χ1v) is 12.7. The Kier molecular flexibility index (Phi) is 7.36. The standard InChI is InChI=1S/C28H34O6S/c1-15(2)33-21-13-17(5)11-19(29-7)23(21)27-25-26(32-10-9-31-25)28(35-27)24-20(30-8)12-18(6)14-22(24)34-16(3)4/h11-16H,9-10H2,1-8H3. The van der Waals surface area contributed by atoms with E-state index in [1.54, 1.807) is 25.6 Å². The summed E-state index contributed by atoms with van der Waals surface area (Å²) in [7, 11) is 3.35. The molecule has 0 saturated carbocycles. The van der Waals surface area contributed by atoms with Crippen LogP contribution in [0.15, 0.2) is 24.3 Å². The number of aryl methyl sites for hydroxylation is 2. The Morgan fingerprint density at radius 2 is 1.03 bits per heavy atom. The Bertz CT molecular complexity index is 1120. The Morgan fingerprint density at radius 1 is 0.657 bits per heavy atom. The van der Waals surface area contributed by atoms with E-state index in [4.69, 9.17) is 28.4 Å². The lowest BCUT2D eigenvalue weighted by Gasteiger charge is -2.21. The summed E-state index contributed by atoms with van der Waals surface area (Å²) < 4.78 is 36.6. The Hall–Kier alpha value is -3.06. The molecule has 0 N–H and O–H groups in total. The van der Waals surface area contributed by atoms with Gasteiger partial charge in [0.2, 0.25) is 0 Å². The molecule has 1 aliphatic rings. The Morgan fingerprint density at radius 3 is 1.37 bits per heavy atom. The fraction of sp³-hybridized carbons (Fsp3) is 0.429. The van der Waals surface area contributed by atoms with E-state index >= 15 is 0 Å². The second-order valence-corrected chi connectivity index (χ2v) is 10.1. The molecule has 0 bridgehead atoms. The molecule has 0 unspecified atom stereocenters. The van der Waals surface area contributed by atoms with Gasteiger partial charge in [-0.1, -0.05) is 0 Å². The third-order valence-corrected chi connectivity index (χ3v) is 6.63. The monoisotopic (exact) mass is 498 g/mol. The van der Waals surface area contributed by atoms with Crippen molar-refractivity contribution in [1.29, 1.82) is 0 Å². The van der Waals surface area contributed by atoms with Gasteiger partial charge >= 0.3 is 0 Å². The predicted octanol–water partition coefficient (Wildman–Crippen LogP) is 7.06. The molecular formula is C28H34O6S. The third-order valence-electron chi connectivity index (χ3n) is 5.44. The topological polar surface area (TPSA) is 55.4 Å². The zero-order valence-corrected chi connectivity index (χ0v) is 22.6. The molecule has 188 valence electrons. The zero-order chi connectivity index (χ0) is 25.3. The van der Waals surface area contributed by atoms with E-state index in [9.17, 15) is 0 Å². The maximum atomic E-state index is 6.25. The van der Waals surface area contributed by atoms with Crippen LogP contribution >= 0.6 is 11.3 Å². The summed E-state index contributed by atoms with van der Waals surface area (Å²) in [5.74, 6) is 4.31. The molecule has 0 aliphatic carbocycles. The van der Waals surface area contributed by atoms with Gasteiger partial charge < -0.3 is 28.4 Å². The van der Waals surface area contributed by atoms with Gasteiger partial charge in [-0.05, 0) is 76.9 Å². The Labute approximate surface area is 211 Å². The number of hydrogen-bond acceptors (Lipinski definition) is 7. The van der Waals surface area contributed by atoms with Crippen LogP contribution in [0.1, 0.15) is 38.8 Å². The fourth-order valence-corrected chi connectivity index (χ4v) is 5.48. The van der Waals surface area contributed by atoms with E-state index in [-0.39, 0.29) is 12.2 Å². The first-order chi connectivity index (χ1) is 16.7. The number of ether oxygens (including phenoxy) is 6. The largest absolute Gasteiger partial charge is 0.496 e. The molecule has 3 aromatic rings. The number of rotatable bonds is 8. The lowest BCUT2D eigenvalue weighted by Crippen LogP contribution is -2.15. The van der Waals surface area contributed by atoms with Crippen molar-refractivity contribution in [3.05, 3.63) is 35.4 Å². The molecule has 4 rings (SSSR count). The SMILES string of the molecule is COc1cc(C)cc(OC(C)C)c1-c1sc(-c2c(OC)cc(C)cc2OC(C)C)c2c1OCCO2. The van der Waals surface area contributed by atoms with Crippen LogP contribution in [-0.4, -0.2) is 39.6 Å². The van der Waals surface area contributed by atoms with Crippen LogP contribution in [0.25, 0.3) is 20.9 Å². The maximum absolute atomic E-state index is 6.25. The van der Waals surface area contributed by atoms with E-state index in [1.165, 1.54) is 0 Å². The molecule has 1 aliphatic heterocycles. The molecule has 0 saturated heterocycles. The van der Waals surface area contributed by atoms with Crippen LogP contribution in [0.2, 0.25) is 0 Å². The second-order valence-electron chi connectivity index (χ2n) is 9.13. The van der Waals surface area contributed by atoms with Gasteiger partial charge in [0.05, 0.1) is 47.3 Å². The van der Waals surface area contributed by atoms with Gasteiger partial charge in [-0.15, -0.1) is 11.3 Å². The number of fused-ring (bicyclic) bond motifs is 1. The molecule has 0 amide bonds. The normalized spacial score (nSPS) is 12.7. The summed E-state index contributed by atoms with van der Waals surface area (Å²) in [6, 6.07) is 8.09. The second kappa shape index (κ2) is 10.3. The van der Waals surface area contributed by atoms with Crippen molar-refractivity contribution in [3.8, 4) is 55.4 Å². The molecule has 2 aromatic carbocycles. The molecule has 6 nitrogen and oxygen atoms in total. The maximum Gasteiger partial charge on any atom is 0.180 e. The van der Waals surface area contributed by atoms with Crippen molar-refractivity contribution >= 4 is 11.3 Å². The molecule has 1 aromatic heterocycles. The summed E-state index contributed by atoms with van der Waals surface area (Å²) in [4.78, 5) is 1.78. The van der Waals surface area contributed by atoms with Crippen molar-refractivity contribution in [2.75, 3.05) is 27.4 Å². The van der Waals surface area contributed by atoms with Crippen molar-refractivity contribution in [2.24, 2.45) is 0 Å². The van der Waals surface area contributed by atoms with Gasteiger partial charge in [-0.25, -0.2) is 0 Å². The molecule has 0 atom stereocenters. The highest BCUT2D eigenvalue weighted by Gasteiger charge is 2.32. The average Bonchev–Trinajstić information content (AvgIpc) is 3.16. The number of hydrogen-bond donors (Lipinski definition) is 0. The van der Waals surface area contributed by atoms with E-state index in [0.29, 0.717) is 24.7 Å². The molecular weight excluding hydrogens is 464 g/mol. The minimum Gasteiger partial charge on any atom is -0.496 e. The van der Waals surface area contributed by atoms with Crippen molar-refractivity contribution < 1.29 is 28.4 Å². The van der Waals surface area contributed by atoms with Gasteiger partial charge in [-0.2, -0.15) is 0 Å². The highest BCUT2D eigenvalue weighted by Crippen LogP contribution is 2.59. The molecule has 0 spiro atoms. The molecule has 7 heteroatoms. The van der Waals surface area contributed by atoms with Gasteiger partial charge in [0, 0.05) is 0 Å². The van der Waals surface area contributed by atoms with Crippen LogP contribution < -0.4 is 28.4 Å². The van der Waals surface area contributed by atoms with E-state index < -0.39 is 0 Å². The smallest absolute Gasteiger partial charge is 0.180 e. The zero-order valence-electron chi connectivity index (χ0n) is 21.7. The van der Waals surface area contributed by atoms with Gasteiger partial charge in [0.25, 0.3) is 0 Å². The highest BCUT2D eigenvalue weighted by atomic mass is 32.1. The summed E-state index contributed by atoms with van der Waals surface area (Å²) in [5, 5.41) is 0. The third kappa shape index (κ3) is 5.01. The van der Waals surface area contributed by atoms with Gasteiger partial charge in [-0.3, -0.25) is 0 Å². The minimum atomic E-state index is -0.00378. The van der Waals surface area contributed by atoms with Crippen LogP contribution in [0, 0.1) is 13.8 Å². The molecule has 0 radical (unpaired) electrons. The lowest BCUT2D eigenvalue weighted by atomic mass is 10.0. The van der Waals surface area contributed by atoms with Crippen LogP contribution in [0.5, 0.6) is 34.5 Å². The predicted molar refractivity (Wildman–Crippen MR) is 140 cm³/mol. The number of methoxy groups -OCH3 is 2. The number of benzene rings is 2. The average molecular weight is 499 g/mol. The van der Waals surface area contributed by atoms with Crippen molar-refractivity contribution in [1.82, 2.24) is 0 Å². The Balaban J connectivity index is 2.03. The van der Waals surface area contributed by atoms with E-state index in [2.05, 4.69) is 0 Å². The van der Waals surface area contributed by atoms with Crippen molar-refractivity contribution in [2.45, 2.75) is 53.8 Å². The summed E-state index contributed by atoms with van der Waals surface area (Å²) in [5.41, 5.74) is 3.80. The van der Waals surface area contributed by atoms with E-state index in [1.807, 2.05) is 65.8 Å². The van der Waals surface area contributed by atoms with E-state index in [0.717, 1.165) is 55.0 Å².